The van der Waals surface area contributed by atoms with E-state index in [1.54, 1.807) is 19.1 Å². The molecule has 4 atom stereocenters. The highest BCUT2D eigenvalue weighted by Gasteiger charge is 2.69. The first kappa shape index (κ1) is 25.6. The van der Waals surface area contributed by atoms with E-state index in [0.29, 0.717) is 24.6 Å². The largest absolute Gasteiger partial charge is 0.418 e. The molecule has 1 saturated carbocycles. The molecular formula is C30H28F3N3O3. The lowest BCUT2D eigenvalue weighted by molar-refractivity contribution is -0.137. The summed E-state index contributed by atoms with van der Waals surface area (Å²) in [7, 11) is 0. The normalized spacial score (nSPS) is 24.5. The van der Waals surface area contributed by atoms with Crippen molar-refractivity contribution in [1.29, 1.82) is 0 Å². The summed E-state index contributed by atoms with van der Waals surface area (Å²) in [5, 5.41) is 5.12. The summed E-state index contributed by atoms with van der Waals surface area (Å²) >= 11 is 0. The molecule has 202 valence electrons. The molecule has 2 aliphatic heterocycles. The second-order valence-electron chi connectivity index (χ2n) is 10.6. The molecule has 2 N–H and O–H groups in total. The van der Waals surface area contributed by atoms with Gasteiger partial charge in [0, 0.05) is 30.3 Å². The van der Waals surface area contributed by atoms with Crippen LogP contribution in [0.2, 0.25) is 0 Å². The number of piperidine rings is 1. The fraction of sp³-hybridized carbons (Fsp3) is 0.333. The lowest BCUT2D eigenvalue weighted by Crippen LogP contribution is -2.56. The van der Waals surface area contributed by atoms with Crippen molar-refractivity contribution in [2.75, 3.05) is 23.7 Å². The third-order valence-corrected chi connectivity index (χ3v) is 8.30. The topological polar surface area (TPSA) is 74.0 Å². The maximum absolute atomic E-state index is 13.8. The standard InChI is InChI=1S/C30H28F3N3O3/c1-18(36-16-22-13-14-29(22)26(17-36)39-29)27(37)35-25-15-23(11-12-24(25)30(31,32)33)34-28(38)21-9-7-20(8-10-21)19-5-3-2-4-6-19/h2-12,15,18,22,26H,13-14,16-17H2,1H3,(H,34,38)(H,35,37). The maximum atomic E-state index is 13.8. The van der Waals surface area contributed by atoms with E-state index in [1.807, 2.05) is 47.4 Å². The van der Waals surface area contributed by atoms with E-state index < -0.39 is 35.3 Å². The van der Waals surface area contributed by atoms with Crippen molar-refractivity contribution in [2.24, 2.45) is 5.92 Å². The molecule has 9 heteroatoms. The van der Waals surface area contributed by atoms with Gasteiger partial charge in [0.25, 0.3) is 5.91 Å². The second kappa shape index (κ2) is 9.50. The zero-order chi connectivity index (χ0) is 27.4. The molecule has 0 bridgehead atoms. The molecule has 2 saturated heterocycles. The van der Waals surface area contributed by atoms with Crippen LogP contribution in [0.5, 0.6) is 0 Å². The Labute approximate surface area is 224 Å². The number of benzene rings is 3. The predicted molar refractivity (Wildman–Crippen MR) is 141 cm³/mol. The minimum absolute atomic E-state index is 0.00937. The van der Waals surface area contributed by atoms with Crippen molar-refractivity contribution < 1.29 is 27.5 Å². The molecule has 1 spiro atoms. The first-order valence-corrected chi connectivity index (χ1v) is 13.0. The molecule has 3 aliphatic rings. The van der Waals surface area contributed by atoms with Gasteiger partial charge in [0.1, 0.15) is 11.7 Å². The minimum Gasteiger partial charge on any atom is -0.364 e. The third kappa shape index (κ3) is 4.81. The van der Waals surface area contributed by atoms with Crippen LogP contribution in [0.1, 0.15) is 35.7 Å². The molecule has 3 aromatic carbocycles. The number of rotatable bonds is 6. The average molecular weight is 536 g/mol. The number of anilines is 2. The van der Waals surface area contributed by atoms with Crippen molar-refractivity contribution in [3.8, 4) is 11.1 Å². The summed E-state index contributed by atoms with van der Waals surface area (Å²) in [4.78, 5) is 27.9. The summed E-state index contributed by atoms with van der Waals surface area (Å²) in [6, 6.07) is 19.2. The molecule has 0 aromatic heterocycles. The molecule has 2 heterocycles. The highest BCUT2D eigenvalue weighted by molar-refractivity contribution is 6.05. The Kier molecular flexibility index (Phi) is 6.23. The van der Waals surface area contributed by atoms with Crippen molar-refractivity contribution in [2.45, 2.75) is 43.7 Å². The zero-order valence-corrected chi connectivity index (χ0v) is 21.3. The highest BCUT2D eigenvalue weighted by Crippen LogP contribution is 2.59. The first-order chi connectivity index (χ1) is 18.6. The summed E-state index contributed by atoms with van der Waals surface area (Å²) in [6.07, 6.45) is -2.50. The molecule has 4 unspecified atom stereocenters. The number of likely N-dealkylation sites (tertiary alicyclic amines) is 1. The van der Waals surface area contributed by atoms with Crippen LogP contribution in [0, 0.1) is 5.92 Å². The van der Waals surface area contributed by atoms with Gasteiger partial charge >= 0.3 is 6.18 Å². The van der Waals surface area contributed by atoms with Crippen molar-refractivity contribution in [1.82, 2.24) is 4.90 Å². The Hall–Kier alpha value is -3.69. The lowest BCUT2D eigenvalue weighted by atomic mass is 9.68. The monoisotopic (exact) mass is 535 g/mol. The molecule has 0 radical (unpaired) electrons. The number of hydrogen-bond donors (Lipinski definition) is 2. The van der Waals surface area contributed by atoms with Gasteiger partial charge in [0.15, 0.2) is 0 Å². The SMILES string of the molecule is CC(C(=O)Nc1cc(NC(=O)c2ccc(-c3ccccc3)cc2)ccc1C(F)(F)F)N1CC2CCC23OC3C1. The van der Waals surface area contributed by atoms with E-state index in [9.17, 15) is 22.8 Å². The van der Waals surface area contributed by atoms with Crippen LogP contribution in [-0.2, 0) is 15.7 Å². The van der Waals surface area contributed by atoms with Gasteiger partial charge in [0.05, 0.1) is 17.3 Å². The summed E-state index contributed by atoms with van der Waals surface area (Å²) in [5.41, 5.74) is 1.06. The van der Waals surface area contributed by atoms with Gasteiger partial charge in [-0.3, -0.25) is 14.5 Å². The van der Waals surface area contributed by atoms with Crippen LogP contribution in [0.25, 0.3) is 11.1 Å². The van der Waals surface area contributed by atoms with Crippen LogP contribution in [0.4, 0.5) is 24.5 Å². The number of epoxide rings is 1. The quantitative estimate of drug-likeness (QED) is 0.391. The van der Waals surface area contributed by atoms with Crippen LogP contribution in [0.15, 0.2) is 72.8 Å². The Morgan fingerprint density at radius 1 is 0.974 bits per heavy atom. The van der Waals surface area contributed by atoms with Gasteiger partial charge in [-0.15, -0.1) is 0 Å². The molecule has 3 aromatic rings. The first-order valence-electron chi connectivity index (χ1n) is 13.0. The maximum Gasteiger partial charge on any atom is 0.418 e. The fourth-order valence-electron chi connectivity index (χ4n) is 5.79. The predicted octanol–water partition coefficient (Wildman–Crippen LogP) is 5.81. The van der Waals surface area contributed by atoms with Crippen molar-refractivity contribution in [3.05, 3.63) is 83.9 Å². The number of amides is 2. The molecule has 39 heavy (non-hydrogen) atoms. The van der Waals surface area contributed by atoms with E-state index in [2.05, 4.69) is 10.6 Å². The average Bonchev–Trinajstić information content (AvgIpc) is 3.67. The molecule has 3 fully saturated rings. The minimum atomic E-state index is -4.68. The number of hydrogen-bond acceptors (Lipinski definition) is 4. The molecule has 1 aliphatic carbocycles. The number of nitrogens with zero attached hydrogens (tertiary/aromatic N) is 1. The zero-order valence-electron chi connectivity index (χ0n) is 21.3. The van der Waals surface area contributed by atoms with E-state index in [-0.39, 0.29) is 17.4 Å². The Bertz CT molecular complexity index is 1410. The summed E-state index contributed by atoms with van der Waals surface area (Å²) < 4.78 is 47.2. The van der Waals surface area contributed by atoms with Crippen LogP contribution < -0.4 is 10.6 Å². The van der Waals surface area contributed by atoms with Gasteiger partial charge in [-0.25, -0.2) is 0 Å². The smallest absolute Gasteiger partial charge is 0.364 e. The van der Waals surface area contributed by atoms with E-state index in [0.717, 1.165) is 36.1 Å². The van der Waals surface area contributed by atoms with Gasteiger partial charge in [-0.05, 0) is 61.2 Å². The number of halogens is 3. The van der Waals surface area contributed by atoms with E-state index >= 15 is 0 Å². The van der Waals surface area contributed by atoms with Gasteiger partial charge < -0.3 is 15.4 Å². The van der Waals surface area contributed by atoms with Gasteiger partial charge in [-0.2, -0.15) is 13.2 Å². The lowest BCUT2D eigenvalue weighted by Gasteiger charge is -2.43. The molecular weight excluding hydrogens is 507 g/mol. The third-order valence-electron chi connectivity index (χ3n) is 8.30. The summed E-state index contributed by atoms with van der Waals surface area (Å²) in [6.45, 7) is 2.98. The molecule has 6 rings (SSSR count). The molecule has 6 nitrogen and oxygen atoms in total. The molecule has 2 amide bonds. The highest BCUT2D eigenvalue weighted by atomic mass is 19.4. The van der Waals surface area contributed by atoms with E-state index in [4.69, 9.17) is 4.74 Å². The van der Waals surface area contributed by atoms with Crippen molar-refractivity contribution >= 4 is 23.2 Å². The number of carbonyl (C=O) groups excluding carboxylic acids is 2. The van der Waals surface area contributed by atoms with E-state index in [1.165, 1.54) is 6.07 Å². The summed E-state index contributed by atoms with van der Waals surface area (Å²) in [5.74, 6) is -0.632. The fourth-order valence-corrected chi connectivity index (χ4v) is 5.79. The van der Waals surface area contributed by atoms with Crippen LogP contribution >= 0.6 is 0 Å². The number of ether oxygens (including phenoxy) is 1. The second-order valence-corrected chi connectivity index (χ2v) is 10.6. The van der Waals surface area contributed by atoms with Crippen LogP contribution in [0.3, 0.4) is 0 Å². The Morgan fingerprint density at radius 3 is 2.33 bits per heavy atom. The van der Waals surface area contributed by atoms with Gasteiger partial charge in [-0.1, -0.05) is 42.5 Å². The van der Waals surface area contributed by atoms with Crippen molar-refractivity contribution in [3.63, 3.8) is 0 Å². The number of carbonyl (C=O) groups is 2. The number of nitrogens with one attached hydrogen (secondary N) is 2. The Morgan fingerprint density at radius 2 is 1.69 bits per heavy atom. The van der Waals surface area contributed by atoms with Gasteiger partial charge in [0.2, 0.25) is 5.91 Å². The Balaban J connectivity index is 1.16. The number of alkyl halides is 3. The van der Waals surface area contributed by atoms with Crippen LogP contribution in [-0.4, -0.2) is 47.6 Å².